The lowest BCUT2D eigenvalue weighted by Gasteiger charge is -2.25. The SMILES string of the molecule is O=C(CN1CCS(=O)(=O)CC1)N[C@@H]1C[C@@H]1c1ccccc1Cl. The summed E-state index contributed by atoms with van der Waals surface area (Å²) in [5.41, 5.74) is 1.08. The van der Waals surface area contributed by atoms with Gasteiger partial charge in [-0.1, -0.05) is 29.8 Å². The largest absolute Gasteiger partial charge is 0.352 e. The van der Waals surface area contributed by atoms with E-state index in [9.17, 15) is 13.2 Å². The quantitative estimate of drug-likeness (QED) is 0.888. The summed E-state index contributed by atoms with van der Waals surface area (Å²) >= 11 is 6.17. The lowest BCUT2D eigenvalue weighted by molar-refractivity contribution is -0.122. The molecule has 0 bridgehead atoms. The van der Waals surface area contributed by atoms with Crippen LogP contribution in [0.4, 0.5) is 0 Å². The van der Waals surface area contributed by atoms with Gasteiger partial charge in [0.05, 0.1) is 18.1 Å². The number of carbonyl (C=O) groups excluding carboxylic acids is 1. The van der Waals surface area contributed by atoms with E-state index in [1.807, 2.05) is 29.2 Å². The molecule has 1 saturated carbocycles. The zero-order valence-electron chi connectivity index (χ0n) is 12.2. The molecule has 7 heteroatoms. The second-order valence-electron chi connectivity index (χ2n) is 5.97. The third-order valence-corrected chi connectivity index (χ3v) is 6.20. The molecule has 1 amide bonds. The van der Waals surface area contributed by atoms with E-state index in [0.29, 0.717) is 19.0 Å². The predicted octanol–water partition coefficient (Wildman–Crippen LogP) is 1.04. The van der Waals surface area contributed by atoms with E-state index in [-0.39, 0.29) is 30.0 Å². The van der Waals surface area contributed by atoms with Gasteiger partial charge in [0.2, 0.25) is 5.91 Å². The topological polar surface area (TPSA) is 66.5 Å². The smallest absolute Gasteiger partial charge is 0.234 e. The van der Waals surface area contributed by atoms with Crippen molar-refractivity contribution >= 4 is 27.3 Å². The Morgan fingerprint density at radius 2 is 1.95 bits per heavy atom. The average molecular weight is 343 g/mol. The molecular formula is C15H19ClN2O3S. The van der Waals surface area contributed by atoms with Crippen LogP contribution < -0.4 is 5.32 Å². The van der Waals surface area contributed by atoms with Crippen LogP contribution in [0.2, 0.25) is 5.02 Å². The van der Waals surface area contributed by atoms with Crippen LogP contribution in [0.3, 0.4) is 0 Å². The van der Waals surface area contributed by atoms with Crippen molar-refractivity contribution in [3.63, 3.8) is 0 Å². The number of benzene rings is 1. The summed E-state index contributed by atoms with van der Waals surface area (Å²) in [5, 5.41) is 3.75. The van der Waals surface area contributed by atoms with Gasteiger partial charge >= 0.3 is 0 Å². The molecule has 0 aromatic heterocycles. The first-order valence-electron chi connectivity index (χ1n) is 7.41. The summed E-state index contributed by atoms with van der Waals surface area (Å²) < 4.78 is 22.7. The fraction of sp³-hybridized carbons (Fsp3) is 0.533. The number of rotatable bonds is 4. The Kier molecular flexibility index (Phi) is 4.43. The summed E-state index contributed by atoms with van der Waals surface area (Å²) in [5.74, 6) is 0.538. The summed E-state index contributed by atoms with van der Waals surface area (Å²) in [6, 6.07) is 7.84. The van der Waals surface area contributed by atoms with E-state index in [2.05, 4.69) is 5.32 Å². The molecule has 120 valence electrons. The van der Waals surface area contributed by atoms with Gasteiger partial charge in [-0.2, -0.15) is 0 Å². The zero-order chi connectivity index (χ0) is 15.7. The first-order chi connectivity index (χ1) is 10.4. The Balaban J connectivity index is 1.47. The van der Waals surface area contributed by atoms with Gasteiger partial charge < -0.3 is 5.32 Å². The molecule has 1 aromatic carbocycles. The van der Waals surface area contributed by atoms with Crippen molar-refractivity contribution in [3.8, 4) is 0 Å². The van der Waals surface area contributed by atoms with E-state index in [1.165, 1.54) is 0 Å². The Morgan fingerprint density at radius 3 is 2.64 bits per heavy atom. The number of amides is 1. The van der Waals surface area contributed by atoms with Crippen molar-refractivity contribution in [2.75, 3.05) is 31.1 Å². The van der Waals surface area contributed by atoms with Crippen LogP contribution in [0.5, 0.6) is 0 Å². The molecule has 1 aliphatic carbocycles. The van der Waals surface area contributed by atoms with Crippen molar-refractivity contribution < 1.29 is 13.2 Å². The van der Waals surface area contributed by atoms with Crippen LogP contribution in [0.25, 0.3) is 0 Å². The second kappa shape index (κ2) is 6.18. The van der Waals surface area contributed by atoms with E-state index >= 15 is 0 Å². The maximum atomic E-state index is 12.0. The monoisotopic (exact) mass is 342 g/mol. The first-order valence-corrected chi connectivity index (χ1v) is 9.61. The molecule has 2 fully saturated rings. The lowest BCUT2D eigenvalue weighted by atomic mass is 10.1. The molecule has 1 aliphatic heterocycles. The number of hydrogen-bond donors (Lipinski definition) is 1. The Bertz CT molecular complexity index is 663. The highest BCUT2D eigenvalue weighted by Crippen LogP contribution is 2.43. The second-order valence-corrected chi connectivity index (χ2v) is 8.68. The molecule has 22 heavy (non-hydrogen) atoms. The minimum absolute atomic E-state index is 0.0427. The summed E-state index contributed by atoms with van der Waals surface area (Å²) in [6.07, 6.45) is 0.907. The number of hydrogen-bond acceptors (Lipinski definition) is 4. The minimum atomic E-state index is -2.90. The van der Waals surface area contributed by atoms with E-state index < -0.39 is 9.84 Å². The minimum Gasteiger partial charge on any atom is -0.352 e. The highest BCUT2D eigenvalue weighted by atomic mass is 35.5. The third-order valence-electron chi connectivity index (χ3n) is 4.25. The molecule has 1 N–H and O–H groups in total. The van der Waals surface area contributed by atoms with Crippen molar-refractivity contribution in [2.24, 2.45) is 0 Å². The molecule has 3 rings (SSSR count). The van der Waals surface area contributed by atoms with Crippen molar-refractivity contribution in [1.29, 1.82) is 0 Å². The number of carbonyl (C=O) groups is 1. The van der Waals surface area contributed by atoms with Crippen LogP contribution in [0.15, 0.2) is 24.3 Å². The molecule has 2 aliphatic rings. The molecule has 1 aromatic rings. The summed E-state index contributed by atoms with van der Waals surface area (Å²) in [4.78, 5) is 13.9. The normalized spacial score (nSPS) is 27.3. The number of sulfone groups is 1. The van der Waals surface area contributed by atoms with Crippen molar-refractivity contribution in [3.05, 3.63) is 34.9 Å². The van der Waals surface area contributed by atoms with Crippen LogP contribution in [-0.4, -0.2) is 56.4 Å². The van der Waals surface area contributed by atoms with Crippen molar-refractivity contribution in [2.45, 2.75) is 18.4 Å². The molecule has 1 saturated heterocycles. The molecule has 0 spiro atoms. The third kappa shape index (κ3) is 3.80. The lowest BCUT2D eigenvalue weighted by Crippen LogP contribution is -2.45. The molecule has 0 unspecified atom stereocenters. The van der Waals surface area contributed by atoms with Gasteiger partial charge in [-0.15, -0.1) is 0 Å². The predicted molar refractivity (Wildman–Crippen MR) is 85.8 cm³/mol. The van der Waals surface area contributed by atoms with E-state index in [4.69, 9.17) is 11.6 Å². The fourth-order valence-corrected chi connectivity index (χ4v) is 4.39. The van der Waals surface area contributed by atoms with E-state index in [0.717, 1.165) is 17.0 Å². The standard InChI is InChI=1S/C15H19ClN2O3S/c16-13-4-2-1-3-11(13)12-9-14(12)17-15(19)10-18-5-7-22(20,21)8-6-18/h1-4,12,14H,5-10H2,(H,17,19)/t12-,14-/m1/s1. The van der Waals surface area contributed by atoms with Crippen molar-refractivity contribution in [1.82, 2.24) is 10.2 Å². The van der Waals surface area contributed by atoms with Gasteiger partial charge in [-0.25, -0.2) is 8.42 Å². The molecule has 1 heterocycles. The average Bonchev–Trinajstić information content (AvgIpc) is 3.20. The Hall–Kier alpha value is -1.11. The molecule has 2 atom stereocenters. The highest BCUT2D eigenvalue weighted by Gasteiger charge is 2.40. The summed E-state index contributed by atoms with van der Waals surface area (Å²) in [6.45, 7) is 1.14. The fourth-order valence-electron chi connectivity index (χ4n) is 2.84. The number of nitrogens with one attached hydrogen (secondary N) is 1. The Labute approximate surface area is 135 Å². The van der Waals surface area contributed by atoms with Gasteiger partial charge in [0.1, 0.15) is 0 Å². The van der Waals surface area contributed by atoms with Crippen LogP contribution >= 0.6 is 11.6 Å². The van der Waals surface area contributed by atoms with Gasteiger partial charge in [0, 0.05) is 30.1 Å². The van der Waals surface area contributed by atoms with Gasteiger partial charge in [-0.05, 0) is 18.1 Å². The molecule has 0 radical (unpaired) electrons. The highest BCUT2D eigenvalue weighted by molar-refractivity contribution is 7.91. The van der Waals surface area contributed by atoms with Gasteiger partial charge in [0.25, 0.3) is 0 Å². The van der Waals surface area contributed by atoms with Gasteiger partial charge in [-0.3, -0.25) is 9.69 Å². The maximum absolute atomic E-state index is 12.0. The number of nitrogens with zero attached hydrogens (tertiary/aromatic N) is 1. The van der Waals surface area contributed by atoms with Gasteiger partial charge in [0.15, 0.2) is 9.84 Å². The van der Waals surface area contributed by atoms with Crippen LogP contribution in [0, 0.1) is 0 Å². The van der Waals surface area contributed by atoms with Crippen LogP contribution in [-0.2, 0) is 14.6 Å². The zero-order valence-corrected chi connectivity index (χ0v) is 13.7. The van der Waals surface area contributed by atoms with Crippen LogP contribution in [0.1, 0.15) is 17.9 Å². The number of halogens is 1. The molecular weight excluding hydrogens is 324 g/mol. The Morgan fingerprint density at radius 1 is 1.27 bits per heavy atom. The van der Waals surface area contributed by atoms with E-state index in [1.54, 1.807) is 0 Å². The maximum Gasteiger partial charge on any atom is 0.234 e. The molecule has 5 nitrogen and oxygen atoms in total. The first kappa shape index (κ1) is 15.8. The summed E-state index contributed by atoms with van der Waals surface area (Å²) in [7, 11) is -2.90.